The highest BCUT2D eigenvalue weighted by Crippen LogP contribution is 2.40. The van der Waals surface area contributed by atoms with Crippen LogP contribution in [0.2, 0.25) is 0 Å². The van der Waals surface area contributed by atoms with Crippen molar-refractivity contribution in [3.05, 3.63) is 47.3 Å². The number of benzene rings is 1. The lowest BCUT2D eigenvalue weighted by atomic mass is 10.0. The van der Waals surface area contributed by atoms with Crippen LogP contribution in [-0.2, 0) is 16.4 Å². The SMILES string of the molecule is Cc1cc(-c2cc(-c3cc4c(c(S(C)(=O)=O)c3)C(=O)N(C(C)C3CC3)C4)cnn2)[nH]n1. The average Bonchev–Trinajstić information content (AvgIpc) is 3.41. The Labute approximate surface area is 180 Å². The molecule has 0 spiro atoms. The summed E-state index contributed by atoms with van der Waals surface area (Å²) >= 11 is 0. The van der Waals surface area contributed by atoms with Crippen molar-refractivity contribution in [1.82, 2.24) is 25.3 Å². The molecular weight excluding hydrogens is 414 g/mol. The standard InChI is InChI=1S/C22H23N5O3S/c1-12-6-18(26-24-12)19-8-16(10-23-25-19)15-7-17-11-27(13(2)14-4-5-14)22(28)21(17)20(9-15)31(3,29)30/h6-10,13-14H,4-5,11H2,1-3H3,(H,24,26). The highest BCUT2D eigenvalue weighted by atomic mass is 32.2. The van der Waals surface area contributed by atoms with E-state index in [-0.39, 0.29) is 16.8 Å². The quantitative estimate of drug-likeness (QED) is 0.657. The summed E-state index contributed by atoms with van der Waals surface area (Å²) in [6.07, 6.45) is 4.98. The molecule has 1 fully saturated rings. The molecule has 160 valence electrons. The molecule has 5 rings (SSSR count). The molecule has 1 N–H and O–H groups in total. The van der Waals surface area contributed by atoms with Gasteiger partial charge in [-0.15, -0.1) is 5.10 Å². The van der Waals surface area contributed by atoms with Crippen molar-refractivity contribution in [3.63, 3.8) is 0 Å². The number of hydrogen-bond acceptors (Lipinski definition) is 6. The van der Waals surface area contributed by atoms with Crippen LogP contribution in [0.25, 0.3) is 22.5 Å². The van der Waals surface area contributed by atoms with Gasteiger partial charge < -0.3 is 4.90 Å². The second-order valence-corrected chi connectivity index (χ2v) is 10.5. The summed E-state index contributed by atoms with van der Waals surface area (Å²) in [6.45, 7) is 4.35. The minimum atomic E-state index is -3.60. The summed E-state index contributed by atoms with van der Waals surface area (Å²) in [5.74, 6) is 0.312. The third-order valence-electron chi connectivity index (χ3n) is 6.16. The first-order valence-corrected chi connectivity index (χ1v) is 12.1. The smallest absolute Gasteiger partial charge is 0.256 e. The number of aromatic amines is 1. The molecule has 1 saturated carbocycles. The van der Waals surface area contributed by atoms with Crippen LogP contribution in [0, 0.1) is 12.8 Å². The molecular formula is C22H23N5O3S. The Bertz CT molecular complexity index is 1310. The average molecular weight is 438 g/mol. The number of carbonyl (C=O) groups is 1. The van der Waals surface area contributed by atoms with Crippen LogP contribution < -0.4 is 0 Å². The molecule has 1 aliphatic carbocycles. The van der Waals surface area contributed by atoms with Gasteiger partial charge in [-0.3, -0.25) is 9.89 Å². The third kappa shape index (κ3) is 3.52. The third-order valence-corrected chi connectivity index (χ3v) is 7.29. The largest absolute Gasteiger partial charge is 0.331 e. The van der Waals surface area contributed by atoms with Crippen LogP contribution in [0.1, 0.15) is 41.4 Å². The van der Waals surface area contributed by atoms with Crippen molar-refractivity contribution in [2.45, 2.75) is 44.2 Å². The highest BCUT2D eigenvalue weighted by Gasteiger charge is 2.40. The van der Waals surface area contributed by atoms with Crippen LogP contribution in [0.4, 0.5) is 0 Å². The second-order valence-electron chi connectivity index (χ2n) is 8.54. The first-order valence-electron chi connectivity index (χ1n) is 10.3. The highest BCUT2D eigenvalue weighted by molar-refractivity contribution is 7.90. The lowest BCUT2D eigenvalue weighted by Gasteiger charge is -2.24. The number of rotatable bonds is 5. The van der Waals surface area contributed by atoms with E-state index in [2.05, 4.69) is 20.4 Å². The molecule has 8 nitrogen and oxygen atoms in total. The van der Waals surface area contributed by atoms with Crippen LogP contribution in [0.5, 0.6) is 0 Å². The number of H-pyrrole nitrogens is 1. The van der Waals surface area contributed by atoms with Gasteiger partial charge in [-0.1, -0.05) is 0 Å². The Balaban J connectivity index is 1.61. The molecule has 0 bridgehead atoms. The Kier molecular flexibility index (Phi) is 4.47. The van der Waals surface area contributed by atoms with Gasteiger partial charge in [-0.2, -0.15) is 10.2 Å². The first kappa shape index (κ1) is 19.9. The molecule has 1 aromatic carbocycles. The topological polar surface area (TPSA) is 109 Å². The maximum absolute atomic E-state index is 13.2. The summed E-state index contributed by atoms with van der Waals surface area (Å²) in [6, 6.07) is 7.30. The van der Waals surface area contributed by atoms with Crippen LogP contribution in [0.15, 0.2) is 35.4 Å². The van der Waals surface area contributed by atoms with Gasteiger partial charge in [-0.05, 0) is 68.0 Å². The molecule has 0 saturated heterocycles. The molecule has 9 heteroatoms. The van der Waals surface area contributed by atoms with Crippen molar-refractivity contribution in [2.24, 2.45) is 5.92 Å². The van der Waals surface area contributed by atoms with Crippen LogP contribution in [0.3, 0.4) is 0 Å². The Hall–Kier alpha value is -3.07. The minimum Gasteiger partial charge on any atom is -0.331 e. The number of fused-ring (bicyclic) bond motifs is 1. The van der Waals surface area contributed by atoms with Crippen molar-refractivity contribution in [2.75, 3.05) is 6.26 Å². The van der Waals surface area contributed by atoms with Crippen LogP contribution >= 0.6 is 0 Å². The van der Waals surface area contributed by atoms with E-state index in [9.17, 15) is 13.2 Å². The first-order chi connectivity index (χ1) is 14.7. The normalized spacial score (nSPS) is 17.1. The number of nitrogens with one attached hydrogen (secondary N) is 1. The molecule has 3 heterocycles. The van der Waals surface area contributed by atoms with Crippen LogP contribution in [-0.4, -0.2) is 51.9 Å². The molecule has 31 heavy (non-hydrogen) atoms. The fourth-order valence-corrected chi connectivity index (χ4v) is 5.20. The van der Waals surface area contributed by atoms with E-state index in [4.69, 9.17) is 0 Å². The lowest BCUT2D eigenvalue weighted by Crippen LogP contribution is -2.35. The summed E-state index contributed by atoms with van der Waals surface area (Å²) in [5.41, 5.74) is 4.65. The van der Waals surface area contributed by atoms with Gasteiger partial charge >= 0.3 is 0 Å². The molecule has 1 unspecified atom stereocenters. The summed E-state index contributed by atoms with van der Waals surface area (Å²) in [4.78, 5) is 15.0. The zero-order valence-corrected chi connectivity index (χ0v) is 18.4. The van der Waals surface area contributed by atoms with Crippen molar-refractivity contribution in [3.8, 4) is 22.5 Å². The van der Waals surface area contributed by atoms with Gasteiger partial charge in [0, 0.05) is 24.4 Å². The maximum atomic E-state index is 13.2. The van der Waals surface area contributed by atoms with E-state index < -0.39 is 9.84 Å². The summed E-state index contributed by atoms with van der Waals surface area (Å²) < 4.78 is 25.2. The van der Waals surface area contributed by atoms with Gasteiger partial charge in [0.25, 0.3) is 5.91 Å². The molecule has 2 aromatic heterocycles. The molecule has 0 radical (unpaired) electrons. The molecule has 1 aliphatic heterocycles. The number of hydrogen-bond donors (Lipinski definition) is 1. The van der Waals surface area contributed by atoms with E-state index in [1.807, 2.05) is 36.9 Å². The maximum Gasteiger partial charge on any atom is 0.256 e. The number of sulfone groups is 1. The number of amides is 1. The van der Waals surface area contributed by atoms with Gasteiger partial charge in [0.15, 0.2) is 9.84 Å². The van der Waals surface area contributed by atoms with Crippen molar-refractivity contribution >= 4 is 15.7 Å². The molecule has 3 aromatic rings. The molecule has 1 amide bonds. The second kappa shape index (κ2) is 6.98. The molecule has 2 aliphatic rings. The van der Waals surface area contributed by atoms with Gasteiger partial charge in [0.2, 0.25) is 0 Å². The Morgan fingerprint density at radius 2 is 1.94 bits per heavy atom. The number of aryl methyl sites for hydroxylation is 1. The predicted molar refractivity (Wildman–Crippen MR) is 115 cm³/mol. The number of carbonyl (C=O) groups excluding carboxylic acids is 1. The summed E-state index contributed by atoms with van der Waals surface area (Å²) in [7, 11) is -3.60. The zero-order chi connectivity index (χ0) is 21.9. The zero-order valence-electron chi connectivity index (χ0n) is 17.6. The number of nitrogens with zero attached hydrogens (tertiary/aromatic N) is 4. The van der Waals surface area contributed by atoms with E-state index >= 15 is 0 Å². The minimum absolute atomic E-state index is 0.0752. The lowest BCUT2D eigenvalue weighted by molar-refractivity contribution is 0.0694. The van der Waals surface area contributed by atoms with Gasteiger partial charge in [0.05, 0.1) is 28.0 Å². The number of aromatic nitrogens is 4. The monoisotopic (exact) mass is 437 g/mol. The fourth-order valence-electron chi connectivity index (χ4n) is 4.27. The Morgan fingerprint density at radius 3 is 2.58 bits per heavy atom. The summed E-state index contributed by atoms with van der Waals surface area (Å²) in [5, 5.41) is 15.3. The van der Waals surface area contributed by atoms with Crippen molar-refractivity contribution < 1.29 is 13.2 Å². The Morgan fingerprint density at radius 1 is 1.16 bits per heavy atom. The molecule has 1 atom stereocenters. The van der Waals surface area contributed by atoms with Gasteiger partial charge in [-0.25, -0.2) is 8.42 Å². The fraction of sp³-hybridized carbons (Fsp3) is 0.364. The predicted octanol–water partition coefficient (Wildman–Crippen LogP) is 3.00. The van der Waals surface area contributed by atoms with E-state index in [0.29, 0.717) is 29.3 Å². The van der Waals surface area contributed by atoms with E-state index in [0.717, 1.165) is 41.6 Å². The van der Waals surface area contributed by atoms with E-state index in [1.54, 1.807) is 12.3 Å². The van der Waals surface area contributed by atoms with Crippen molar-refractivity contribution in [1.29, 1.82) is 0 Å². The van der Waals surface area contributed by atoms with Gasteiger partial charge in [0.1, 0.15) is 5.69 Å². The van der Waals surface area contributed by atoms with E-state index in [1.165, 1.54) is 0 Å².